The molecule has 0 atom stereocenters. The number of carbonyl (C=O) groups is 1. The zero-order chi connectivity index (χ0) is 17.5. The summed E-state index contributed by atoms with van der Waals surface area (Å²) in [4.78, 5) is 14.4. The molecule has 3 rings (SSSR count). The van der Waals surface area contributed by atoms with Gasteiger partial charge >= 0.3 is 0 Å². The molecule has 2 aromatic carbocycles. The van der Waals surface area contributed by atoms with Crippen LogP contribution in [0.1, 0.15) is 41.9 Å². The molecule has 0 radical (unpaired) electrons. The Kier molecular flexibility index (Phi) is 6.02. The van der Waals surface area contributed by atoms with Gasteiger partial charge in [0.05, 0.1) is 0 Å². The minimum Gasteiger partial charge on any atom is -0.342 e. The molecule has 0 spiro atoms. The van der Waals surface area contributed by atoms with Crippen molar-refractivity contribution in [3.63, 3.8) is 0 Å². The van der Waals surface area contributed by atoms with Crippen molar-refractivity contribution in [2.75, 3.05) is 13.1 Å². The van der Waals surface area contributed by atoms with Crippen molar-refractivity contribution in [1.82, 2.24) is 4.90 Å². The smallest absolute Gasteiger partial charge is 0.226 e. The summed E-state index contributed by atoms with van der Waals surface area (Å²) in [5.41, 5.74) is 9.42. The van der Waals surface area contributed by atoms with E-state index in [4.69, 9.17) is 5.73 Å². The van der Waals surface area contributed by atoms with Crippen molar-refractivity contribution in [2.45, 2.75) is 31.7 Å². The summed E-state index contributed by atoms with van der Waals surface area (Å²) in [5, 5.41) is 0. The van der Waals surface area contributed by atoms with E-state index in [0.29, 0.717) is 18.9 Å². The van der Waals surface area contributed by atoms with E-state index in [1.807, 2.05) is 47.4 Å². The highest BCUT2D eigenvalue weighted by atomic mass is 16.2. The van der Waals surface area contributed by atoms with Gasteiger partial charge in [-0.3, -0.25) is 4.79 Å². The number of likely N-dealkylation sites (tertiary alicyclic amines) is 1. The van der Waals surface area contributed by atoms with Gasteiger partial charge in [-0.2, -0.15) is 0 Å². The molecule has 1 saturated heterocycles. The summed E-state index contributed by atoms with van der Waals surface area (Å²) >= 11 is 0. The Morgan fingerprint density at radius 2 is 1.84 bits per heavy atom. The summed E-state index contributed by atoms with van der Waals surface area (Å²) in [7, 11) is 0. The number of hydrogen-bond donors (Lipinski definition) is 1. The van der Waals surface area contributed by atoms with Crippen molar-refractivity contribution in [3.05, 3.63) is 77.4 Å². The number of rotatable bonds is 5. The lowest BCUT2D eigenvalue weighted by molar-refractivity contribution is -0.131. The first-order chi connectivity index (χ1) is 12.3. The number of hydrogen-bond acceptors (Lipinski definition) is 2. The highest BCUT2D eigenvalue weighted by Gasteiger charge is 2.23. The molecule has 130 valence electrons. The van der Waals surface area contributed by atoms with Gasteiger partial charge in [0.25, 0.3) is 0 Å². The van der Waals surface area contributed by atoms with Crippen LogP contribution in [-0.2, 0) is 11.3 Å². The van der Waals surface area contributed by atoms with Gasteiger partial charge in [-0.25, -0.2) is 0 Å². The number of amides is 1. The van der Waals surface area contributed by atoms with Crippen LogP contribution < -0.4 is 5.73 Å². The van der Waals surface area contributed by atoms with Crippen molar-refractivity contribution < 1.29 is 4.79 Å². The van der Waals surface area contributed by atoms with Gasteiger partial charge in [0, 0.05) is 26.1 Å². The van der Waals surface area contributed by atoms with E-state index >= 15 is 0 Å². The average molecular weight is 334 g/mol. The fourth-order valence-corrected chi connectivity index (χ4v) is 3.43. The second-order valence-corrected chi connectivity index (χ2v) is 6.62. The minimum atomic E-state index is 0.223. The van der Waals surface area contributed by atoms with Crippen LogP contribution >= 0.6 is 0 Å². The van der Waals surface area contributed by atoms with Crippen LogP contribution in [0.25, 0.3) is 6.08 Å². The highest BCUT2D eigenvalue weighted by Crippen LogP contribution is 2.28. The van der Waals surface area contributed by atoms with Gasteiger partial charge in [-0.1, -0.05) is 66.7 Å². The third-order valence-electron chi connectivity index (χ3n) is 4.91. The van der Waals surface area contributed by atoms with Crippen LogP contribution in [0.3, 0.4) is 0 Å². The predicted octanol–water partition coefficient (Wildman–Crippen LogP) is 3.95. The van der Waals surface area contributed by atoms with Gasteiger partial charge in [0.2, 0.25) is 5.91 Å². The van der Waals surface area contributed by atoms with Crippen LogP contribution in [0.5, 0.6) is 0 Å². The van der Waals surface area contributed by atoms with Crippen molar-refractivity contribution in [2.24, 2.45) is 5.73 Å². The third-order valence-corrected chi connectivity index (χ3v) is 4.91. The molecule has 1 aliphatic heterocycles. The van der Waals surface area contributed by atoms with E-state index in [-0.39, 0.29) is 5.91 Å². The molecular weight excluding hydrogens is 308 g/mol. The topological polar surface area (TPSA) is 46.3 Å². The minimum absolute atomic E-state index is 0.223. The molecule has 1 amide bonds. The van der Waals surface area contributed by atoms with E-state index in [1.165, 1.54) is 11.1 Å². The van der Waals surface area contributed by atoms with Crippen LogP contribution in [0.15, 0.2) is 60.7 Å². The van der Waals surface area contributed by atoms with Crippen LogP contribution in [-0.4, -0.2) is 23.9 Å². The Hall–Kier alpha value is -2.39. The number of piperidine rings is 1. The van der Waals surface area contributed by atoms with Gasteiger partial charge in [-0.05, 0) is 35.4 Å². The second-order valence-electron chi connectivity index (χ2n) is 6.62. The van der Waals surface area contributed by atoms with E-state index in [2.05, 4.69) is 24.3 Å². The van der Waals surface area contributed by atoms with E-state index in [9.17, 15) is 4.79 Å². The molecule has 1 heterocycles. The standard InChI is InChI=1S/C22H26N2O/c23-17-19-9-4-10-21(16-19)20-12-14-24(15-13-20)22(25)11-5-8-18-6-2-1-3-7-18/h1-10,16,20H,11-15,17,23H2. The summed E-state index contributed by atoms with van der Waals surface area (Å²) in [5.74, 6) is 0.761. The van der Waals surface area contributed by atoms with Crippen molar-refractivity contribution in [3.8, 4) is 0 Å². The van der Waals surface area contributed by atoms with Crippen LogP contribution in [0, 0.1) is 0 Å². The lowest BCUT2D eigenvalue weighted by Gasteiger charge is -2.32. The molecular formula is C22H26N2O. The molecule has 3 nitrogen and oxygen atoms in total. The maximum atomic E-state index is 12.4. The summed E-state index contributed by atoms with van der Waals surface area (Å²) in [6, 6.07) is 18.6. The predicted molar refractivity (Wildman–Crippen MR) is 103 cm³/mol. The normalized spacial score (nSPS) is 15.6. The van der Waals surface area contributed by atoms with Crippen LogP contribution in [0.2, 0.25) is 0 Å². The molecule has 1 fully saturated rings. The highest BCUT2D eigenvalue weighted by molar-refractivity contribution is 5.78. The van der Waals surface area contributed by atoms with Gasteiger partial charge in [0.1, 0.15) is 0 Å². The Bertz CT molecular complexity index is 716. The van der Waals surface area contributed by atoms with Crippen molar-refractivity contribution >= 4 is 12.0 Å². The lowest BCUT2D eigenvalue weighted by Crippen LogP contribution is -2.37. The largest absolute Gasteiger partial charge is 0.342 e. The molecule has 2 N–H and O–H groups in total. The first kappa shape index (κ1) is 17.4. The first-order valence-corrected chi connectivity index (χ1v) is 9.04. The fraction of sp³-hybridized carbons (Fsp3) is 0.318. The molecule has 3 heteroatoms. The molecule has 0 unspecified atom stereocenters. The second kappa shape index (κ2) is 8.63. The molecule has 25 heavy (non-hydrogen) atoms. The SMILES string of the molecule is NCc1cccc(C2CCN(C(=O)CC=Cc3ccccc3)CC2)c1. The molecule has 0 aromatic heterocycles. The summed E-state index contributed by atoms with van der Waals surface area (Å²) < 4.78 is 0. The fourth-order valence-electron chi connectivity index (χ4n) is 3.43. The zero-order valence-corrected chi connectivity index (χ0v) is 14.6. The Morgan fingerprint density at radius 3 is 2.56 bits per heavy atom. The Labute approximate surface area is 150 Å². The quantitative estimate of drug-likeness (QED) is 0.900. The molecule has 0 saturated carbocycles. The summed E-state index contributed by atoms with van der Waals surface area (Å²) in [6.45, 7) is 2.27. The molecule has 0 aliphatic carbocycles. The lowest BCUT2D eigenvalue weighted by atomic mass is 9.88. The first-order valence-electron chi connectivity index (χ1n) is 9.04. The molecule has 0 bridgehead atoms. The number of nitrogens with two attached hydrogens (primary N) is 1. The number of nitrogens with zero attached hydrogens (tertiary/aromatic N) is 1. The van der Waals surface area contributed by atoms with Crippen LogP contribution in [0.4, 0.5) is 0 Å². The van der Waals surface area contributed by atoms with E-state index in [1.54, 1.807) is 0 Å². The van der Waals surface area contributed by atoms with Gasteiger partial charge in [0.15, 0.2) is 0 Å². The molecule has 2 aromatic rings. The van der Waals surface area contributed by atoms with E-state index < -0.39 is 0 Å². The summed E-state index contributed by atoms with van der Waals surface area (Å²) in [6.07, 6.45) is 6.52. The maximum absolute atomic E-state index is 12.4. The maximum Gasteiger partial charge on any atom is 0.226 e. The third kappa shape index (κ3) is 4.80. The monoisotopic (exact) mass is 334 g/mol. The van der Waals surface area contributed by atoms with Gasteiger partial charge in [-0.15, -0.1) is 0 Å². The van der Waals surface area contributed by atoms with Gasteiger partial charge < -0.3 is 10.6 Å². The average Bonchev–Trinajstić information content (AvgIpc) is 2.69. The van der Waals surface area contributed by atoms with E-state index in [0.717, 1.165) is 31.5 Å². The Balaban J connectivity index is 1.49. The Morgan fingerprint density at radius 1 is 1.08 bits per heavy atom. The number of benzene rings is 2. The van der Waals surface area contributed by atoms with Crippen molar-refractivity contribution in [1.29, 1.82) is 0 Å². The number of carbonyl (C=O) groups excluding carboxylic acids is 1. The molecule has 1 aliphatic rings. The zero-order valence-electron chi connectivity index (χ0n) is 14.6.